The molecular weight excluding hydrogens is 482 g/mol. The van der Waals surface area contributed by atoms with Gasteiger partial charge in [-0.2, -0.15) is 0 Å². The van der Waals surface area contributed by atoms with Crippen molar-refractivity contribution in [3.63, 3.8) is 0 Å². The molecule has 1 aromatic carbocycles. The average molecular weight is 518 g/mol. The fourth-order valence-corrected chi connectivity index (χ4v) is 5.45. The summed E-state index contributed by atoms with van der Waals surface area (Å²) in [6, 6.07) is 8.24. The number of ether oxygens (including phenoxy) is 1. The second-order valence-corrected chi connectivity index (χ2v) is 10.7. The molecular formula is C27H35N9O2. The molecule has 0 aliphatic carbocycles. The van der Waals surface area contributed by atoms with Crippen LogP contribution in [0.5, 0.6) is 0 Å². The molecule has 0 spiro atoms. The van der Waals surface area contributed by atoms with Crippen LogP contribution in [0.1, 0.15) is 19.7 Å². The van der Waals surface area contributed by atoms with Crippen LogP contribution in [0.3, 0.4) is 0 Å². The van der Waals surface area contributed by atoms with Gasteiger partial charge in [-0.05, 0) is 26.0 Å². The Labute approximate surface area is 221 Å². The molecule has 0 bridgehead atoms. The van der Waals surface area contributed by atoms with E-state index in [2.05, 4.69) is 42.4 Å². The van der Waals surface area contributed by atoms with Crippen molar-refractivity contribution in [3.05, 3.63) is 36.3 Å². The lowest BCUT2D eigenvalue weighted by Crippen LogP contribution is -2.59. The van der Waals surface area contributed by atoms with Crippen LogP contribution in [-0.2, 0) is 23.1 Å². The Balaban J connectivity index is 1.35. The molecule has 3 N–H and O–H groups in total. The van der Waals surface area contributed by atoms with Crippen molar-refractivity contribution in [2.45, 2.75) is 25.9 Å². The van der Waals surface area contributed by atoms with Crippen LogP contribution in [-0.4, -0.2) is 98.2 Å². The Kier molecular flexibility index (Phi) is 6.29. The number of benzene rings is 1. The van der Waals surface area contributed by atoms with Gasteiger partial charge in [0.15, 0.2) is 22.8 Å². The highest BCUT2D eigenvalue weighted by Gasteiger charge is 2.35. The molecule has 2 aliphatic rings. The predicted molar refractivity (Wildman–Crippen MR) is 147 cm³/mol. The zero-order valence-electron chi connectivity index (χ0n) is 22.3. The molecule has 1 amide bonds. The third-order valence-electron chi connectivity index (χ3n) is 8.07. The summed E-state index contributed by atoms with van der Waals surface area (Å²) in [6.07, 6.45) is 1.95. The lowest BCUT2D eigenvalue weighted by molar-refractivity contribution is -0.129. The second kappa shape index (κ2) is 9.64. The quantitative estimate of drug-likeness (QED) is 0.397. The number of morpholine rings is 1. The standard InChI is InChI=1S/C27H35N9O2/c1-27(2,26(28)37)36-11-9-34(10-12-36)17-21-30-22-24(33(21)3)31-23(32-25(22)35-13-15-38-16-14-35)19-5-4-6-20-18(19)7-8-29-20/h4-8,29H,9-17H2,1-3H3,(H2,28,37). The summed E-state index contributed by atoms with van der Waals surface area (Å²) in [5.74, 6) is 2.21. The number of imidazole rings is 1. The second-order valence-electron chi connectivity index (χ2n) is 10.7. The van der Waals surface area contributed by atoms with Crippen LogP contribution < -0.4 is 10.6 Å². The maximum absolute atomic E-state index is 11.9. The number of hydrogen-bond acceptors (Lipinski definition) is 8. The molecule has 200 valence electrons. The summed E-state index contributed by atoms with van der Waals surface area (Å²) in [7, 11) is 2.04. The lowest BCUT2D eigenvalue weighted by atomic mass is 10.0. The number of fused-ring (bicyclic) bond motifs is 2. The van der Waals surface area contributed by atoms with E-state index in [4.69, 9.17) is 25.4 Å². The molecule has 0 radical (unpaired) electrons. The number of nitrogens with two attached hydrogens (primary N) is 1. The first-order valence-corrected chi connectivity index (χ1v) is 13.2. The number of rotatable bonds is 6. The normalized spacial score (nSPS) is 18.0. The minimum atomic E-state index is -0.647. The van der Waals surface area contributed by atoms with E-state index in [-0.39, 0.29) is 5.91 Å². The summed E-state index contributed by atoms with van der Waals surface area (Å²) in [4.78, 5) is 37.2. The number of nitrogens with zero attached hydrogens (tertiary/aromatic N) is 7. The molecule has 0 saturated carbocycles. The number of carbonyl (C=O) groups excluding carboxylic acids is 1. The van der Waals surface area contributed by atoms with Crippen molar-refractivity contribution < 1.29 is 9.53 Å². The highest BCUT2D eigenvalue weighted by Crippen LogP contribution is 2.32. The van der Waals surface area contributed by atoms with Crippen LogP contribution >= 0.6 is 0 Å². The topological polar surface area (TPSA) is 121 Å². The van der Waals surface area contributed by atoms with Gasteiger partial charge < -0.3 is 24.9 Å². The fraction of sp³-hybridized carbons (Fsp3) is 0.481. The van der Waals surface area contributed by atoms with Crippen molar-refractivity contribution in [2.75, 3.05) is 57.4 Å². The minimum Gasteiger partial charge on any atom is -0.378 e. The van der Waals surface area contributed by atoms with Gasteiger partial charge in [-0.15, -0.1) is 0 Å². The molecule has 2 fully saturated rings. The van der Waals surface area contributed by atoms with Gasteiger partial charge in [-0.3, -0.25) is 14.6 Å². The molecule has 4 aromatic rings. The molecule has 38 heavy (non-hydrogen) atoms. The van der Waals surface area contributed by atoms with Crippen molar-refractivity contribution in [2.24, 2.45) is 12.8 Å². The SMILES string of the molecule is Cn1c(CN2CCN(C(C)(C)C(N)=O)CC2)nc2c(N3CCOCC3)nc(-c3cccc4[nH]ccc34)nc21. The number of piperazine rings is 1. The van der Waals surface area contributed by atoms with E-state index in [0.29, 0.717) is 25.6 Å². The number of anilines is 1. The summed E-state index contributed by atoms with van der Waals surface area (Å²) >= 11 is 0. The monoisotopic (exact) mass is 517 g/mol. The van der Waals surface area contributed by atoms with Gasteiger partial charge in [0, 0.05) is 69.0 Å². The minimum absolute atomic E-state index is 0.290. The first-order valence-electron chi connectivity index (χ1n) is 13.2. The number of hydrogen-bond donors (Lipinski definition) is 2. The number of H-pyrrole nitrogens is 1. The Morgan fingerprint density at radius 2 is 1.82 bits per heavy atom. The predicted octanol–water partition coefficient (Wildman–Crippen LogP) is 1.73. The van der Waals surface area contributed by atoms with Crippen LogP contribution in [0.25, 0.3) is 33.5 Å². The molecule has 5 heterocycles. The third-order valence-corrected chi connectivity index (χ3v) is 8.07. The van der Waals surface area contributed by atoms with Crippen LogP contribution in [0.15, 0.2) is 30.5 Å². The van der Waals surface area contributed by atoms with Crippen LogP contribution in [0, 0.1) is 0 Å². The van der Waals surface area contributed by atoms with E-state index < -0.39 is 5.54 Å². The van der Waals surface area contributed by atoms with E-state index in [1.54, 1.807) is 0 Å². The molecule has 11 nitrogen and oxygen atoms in total. The molecule has 0 atom stereocenters. The molecule has 0 unspecified atom stereocenters. The molecule has 3 aromatic heterocycles. The largest absolute Gasteiger partial charge is 0.378 e. The summed E-state index contributed by atoms with van der Waals surface area (Å²) in [6.45, 7) is 10.6. The molecule has 2 aliphatic heterocycles. The maximum Gasteiger partial charge on any atom is 0.237 e. The van der Waals surface area contributed by atoms with E-state index in [9.17, 15) is 4.79 Å². The molecule has 2 saturated heterocycles. The van der Waals surface area contributed by atoms with E-state index >= 15 is 0 Å². The number of nitrogens with one attached hydrogen (secondary N) is 1. The van der Waals surface area contributed by atoms with Gasteiger partial charge >= 0.3 is 0 Å². The van der Waals surface area contributed by atoms with Gasteiger partial charge in [-0.1, -0.05) is 12.1 Å². The number of amides is 1. The number of aromatic nitrogens is 5. The summed E-state index contributed by atoms with van der Waals surface area (Å²) < 4.78 is 7.72. The van der Waals surface area contributed by atoms with Crippen molar-refractivity contribution >= 4 is 33.8 Å². The van der Waals surface area contributed by atoms with Gasteiger partial charge in [0.1, 0.15) is 5.82 Å². The van der Waals surface area contributed by atoms with E-state index in [0.717, 1.165) is 78.5 Å². The number of primary amides is 1. The summed E-state index contributed by atoms with van der Waals surface area (Å²) in [5, 5.41) is 1.10. The van der Waals surface area contributed by atoms with Gasteiger partial charge in [-0.25, -0.2) is 15.0 Å². The zero-order chi connectivity index (χ0) is 26.4. The molecule has 6 rings (SSSR count). The van der Waals surface area contributed by atoms with Crippen molar-refractivity contribution in [3.8, 4) is 11.4 Å². The molecule has 11 heteroatoms. The zero-order valence-corrected chi connectivity index (χ0v) is 22.3. The third kappa shape index (κ3) is 4.30. The summed E-state index contributed by atoms with van der Waals surface area (Å²) in [5.41, 5.74) is 8.70. The number of carbonyl (C=O) groups is 1. The average Bonchev–Trinajstić information content (AvgIpc) is 3.53. The first-order chi connectivity index (χ1) is 18.3. The van der Waals surface area contributed by atoms with Crippen molar-refractivity contribution in [1.29, 1.82) is 0 Å². The Bertz CT molecular complexity index is 1480. The number of aryl methyl sites for hydroxylation is 1. The highest BCUT2D eigenvalue weighted by molar-refractivity contribution is 5.95. The van der Waals surface area contributed by atoms with Crippen LogP contribution in [0.4, 0.5) is 5.82 Å². The Hall–Kier alpha value is -3.54. The van der Waals surface area contributed by atoms with E-state index in [1.165, 1.54) is 0 Å². The Morgan fingerprint density at radius 3 is 2.55 bits per heavy atom. The lowest BCUT2D eigenvalue weighted by Gasteiger charge is -2.42. The first kappa shape index (κ1) is 24.8. The fourth-order valence-electron chi connectivity index (χ4n) is 5.45. The number of aromatic amines is 1. The highest BCUT2D eigenvalue weighted by atomic mass is 16.5. The van der Waals surface area contributed by atoms with E-state index in [1.807, 2.05) is 33.2 Å². The maximum atomic E-state index is 11.9. The van der Waals surface area contributed by atoms with Crippen molar-refractivity contribution in [1.82, 2.24) is 34.3 Å². The van der Waals surface area contributed by atoms with Gasteiger partial charge in [0.05, 0.1) is 25.3 Å². The van der Waals surface area contributed by atoms with Gasteiger partial charge in [0.25, 0.3) is 0 Å². The smallest absolute Gasteiger partial charge is 0.237 e. The van der Waals surface area contributed by atoms with Crippen LogP contribution in [0.2, 0.25) is 0 Å². The Morgan fingerprint density at radius 1 is 1.05 bits per heavy atom. The van der Waals surface area contributed by atoms with Gasteiger partial charge in [0.2, 0.25) is 5.91 Å².